The van der Waals surface area contributed by atoms with Gasteiger partial charge in [-0.15, -0.1) is 0 Å². The third-order valence-electron chi connectivity index (χ3n) is 7.68. The Morgan fingerprint density at radius 1 is 0.794 bits per heavy atom. The van der Waals surface area contributed by atoms with Crippen LogP contribution in [0.25, 0.3) is 5.57 Å². The molecule has 0 spiro atoms. The van der Waals surface area contributed by atoms with Crippen LogP contribution in [-0.2, 0) is 16.6 Å². The average Bonchev–Trinajstić information content (AvgIpc) is 3.01. The monoisotopic (exact) mass is 477 g/mol. The van der Waals surface area contributed by atoms with E-state index in [4.69, 9.17) is 0 Å². The summed E-state index contributed by atoms with van der Waals surface area (Å²) in [5.74, 6) is 1.35. The van der Waals surface area contributed by atoms with Crippen molar-refractivity contribution in [2.75, 3.05) is 0 Å². The van der Waals surface area contributed by atoms with Crippen LogP contribution in [0.15, 0.2) is 70.1 Å². The molecule has 5 heteroatoms. The van der Waals surface area contributed by atoms with E-state index in [1.807, 2.05) is 19.1 Å². The van der Waals surface area contributed by atoms with E-state index in [2.05, 4.69) is 62.0 Å². The lowest BCUT2D eigenvalue weighted by molar-refractivity contribution is 0.308. The molecule has 0 saturated heterocycles. The van der Waals surface area contributed by atoms with E-state index >= 15 is 0 Å². The van der Waals surface area contributed by atoms with Crippen LogP contribution < -0.4 is 10.0 Å². The zero-order valence-corrected chi connectivity index (χ0v) is 21.9. The fourth-order valence-electron chi connectivity index (χ4n) is 5.28. The van der Waals surface area contributed by atoms with E-state index in [1.54, 1.807) is 12.1 Å². The van der Waals surface area contributed by atoms with Crippen LogP contribution in [0.5, 0.6) is 0 Å². The van der Waals surface area contributed by atoms with Crippen molar-refractivity contribution in [2.24, 2.45) is 0 Å². The van der Waals surface area contributed by atoms with Crippen molar-refractivity contribution in [3.05, 3.63) is 87.9 Å². The zero-order valence-electron chi connectivity index (χ0n) is 21.0. The molecule has 2 N–H and O–H groups in total. The van der Waals surface area contributed by atoms with Gasteiger partial charge in [0.25, 0.3) is 0 Å². The van der Waals surface area contributed by atoms with E-state index < -0.39 is 10.0 Å². The fraction of sp³-hybridized carbons (Fsp3) is 0.414. The third-order valence-corrected chi connectivity index (χ3v) is 9.19. The Kier molecular flexibility index (Phi) is 7.46. The molecule has 2 aromatic rings. The summed E-state index contributed by atoms with van der Waals surface area (Å²) in [6.07, 6.45) is 3.97. The summed E-state index contributed by atoms with van der Waals surface area (Å²) in [6, 6.07) is 15.7. The van der Waals surface area contributed by atoms with Crippen molar-refractivity contribution >= 4 is 15.6 Å². The molecule has 2 atom stereocenters. The lowest BCUT2D eigenvalue weighted by Gasteiger charge is -2.33. The molecule has 2 aliphatic rings. The summed E-state index contributed by atoms with van der Waals surface area (Å²) >= 11 is 0. The normalized spacial score (nSPS) is 22.0. The molecule has 2 aromatic carbocycles. The quantitative estimate of drug-likeness (QED) is 0.507. The number of hydrogen-bond donors (Lipinski definition) is 2. The Morgan fingerprint density at radius 3 is 2.09 bits per heavy atom. The predicted molar refractivity (Wildman–Crippen MR) is 141 cm³/mol. The maximum Gasteiger partial charge on any atom is 0.240 e. The van der Waals surface area contributed by atoms with Gasteiger partial charge in [0.05, 0.1) is 4.90 Å². The van der Waals surface area contributed by atoms with Crippen LogP contribution in [-0.4, -0.2) is 20.5 Å². The number of rotatable bonds is 7. The van der Waals surface area contributed by atoms with Gasteiger partial charge in [-0.3, -0.25) is 0 Å². The molecule has 0 amide bonds. The number of benzene rings is 2. The average molecular weight is 478 g/mol. The Balaban J connectivity index is 1.51. The van der Waals surface area contributed by atoms with Crippen LogP contribution in [0.3, 0.4) is 0 Å². The molecule has 34 heavy (non-hydrogen) atoms. The number of hydrogen-bond acceptors (Lipinski definition) is 3. The number of allylic oxidation sites excluding steroid dienone is 4. The van der Waals surface area contributed by atoms with Crippen molar-refractivity contribution in [1.29, 1.82) is 0 Å². The fourth-order valence-corrected chi connectivity index (χ4v) is 6.59. The van der Waals surface area contributed by atoms with E-state index in [0.717, 1.165) is 31.2 Å². The minimum atomic E-state index is -3.55. The summed E-state index contributed by atoms with van der Waals surface area (Å²) in [5, 5.41) is 3.71. The highest BCUT2D eigenvalue weighted by Crippen LogP contribution is 2.44. The largest absolute Gasteiger partial charge is 0.308 e. The van der Waals surface area contributed by atoms with Crippen LogP contribution in [0, 0.1) is 12.8 Å². The highest BCUT2D eigenvalue weighted by atomic mass is 32.2. The molecule has 0 aliphatic heterocycles. The molecule has 1 radical (unpaired) electrons. The Bertz CT molecular complexity index is 1210. The van der Waals surface area contributed by atoms with Crippen LogP contribution >= 0.6 is 0 Å². The standard InChI is InChI=1S/C29H37N2O2S/c1-19-14-16-25(17-15-19)34(32,33)31-28-13-9-8-12-27(28)30-18-24-10-6-7-11-26(24)29-22(4)20(2)21(3)23(29)5/h6-7,10-11,14-17,27-28,30-31H,8-9,12-13,18H2,1-5H3/t27-,28-/m1/s1. The van der Waals surface area contributed by atoms with Gasteiger partial charge >= 0.3 is 0 Å². The van der Waals surface area contributed by atoms with Crippen molar-refractivity contribution < 1.29 is 8.42 Å². The van der Waals surface area contributed by atoms with E-state index in [-0.39, 0.29) is 12.1 Å². The highest BCUT2D eigenvalue weighted by molar-refractivity contribution is 7.89. The molecule has 181 valence electrons. The first kappa shape index (κ1) is 24.9. The first-order chi connectivity index (χ1) is 16.2. The highest BCUT2D eigenvalue weighted by Gasteiger charge is 2.30. The SMILES string of the molecule is C[C]1C(C)=C(C)C(C)=C1c1ccccc1CN[C@@H]1CCCC[C@H]1NS(=O)(=O)c1ccc(C)cc1. The van der Waals surface area contributed by atoms with Gasteiger partial charge in [0.15, 0.2) is 0 Å². The predicted octanol–water partition coefficient (Wildman–Crippen LogP) is 6.09. The summed E-state index contributed by atoms with van der Waals surface area (Å²) in [4.78, 5) is 0.334. The maximum atomic E-state index is 13.0. The molecular formula is C29H37N2O2S. The van der Waals surface area contributed by atoms with E-state index in [0.29, 0.717) is 11.4 Å². The van der Waals surface area contributed by atoms with Gasteiger partial charge in [0.2, 0.25) is 10.0 Å². The van der Waals surface area contributed by atoms with Crippen molar-refractivity contribution in [2.45, 2.75) is 83.8 Å². The first-order valence-corrected chi connectivity index (χ1v) is 13.8. The van der Waals surface area contributed by atoms with Gasteiger partial charge in [0, 0.05) is 24.5 Å². The van der Waals surface area contributed by atoms with Crippen molar-refractivity contribution in [3.8, 4) is 0 Å². The molecule has 4 nitrogen and oxygen atoms in total. The molecule has 4 rings (SSSR count). The summed E-state index contributed by atoms with van der Waals surface area (Å²) in [5.41, 5.74) is 9.01. The second kappa shape index (κ2) is 10.2. The molecule has 0 unspecified atom stereocenters. The molecule has 2 aliphatic carbocycles. The Morgan fingerprint density at radius 2 is 1.44 bits per heavy atom. The van der Waals surface area contributed by atoms with Crippen LogP contribution in [0.2, 0.25) is 0 Å². The first-order valence-electron chi connectivity index (χ1n) is 12.3. The Hall–Kier alpha value is -2.21. The number of aryl methyl sites for hydroxylation is 1. The third kappa shape index (κ3) is 5.07. The second-order valence-corrected chi connectivity index (χ2v) is 11.6. The molecular weight excluding hydrogens is 440 g/mol. The topological polar surface area (TPSA) is 58.2 Å². The van der Waals surface area contributed by atoms with Gasteiger partial charge in [-0.2, -0.15) is 0 Å². The van der Waals surface area contributed by atoms with Gasteiger partial charge < -0.3 is 5.32 Å². The molecule has 0 bridgehead atoms. The molecule has 1 saturated carbocycles. The Labute approximate surface area is 205 Å². The van der Waals surface area contributed by atoms with Crippen molar-refractivity contribution in [1.82, 2.24) is 10.0 Å². The summed E-state index contributed by atoms with van der Waals surface area (Å²) in [6.45, 7) is 11.5. The smallest absolute Gasteiger partial charge is 0.240 e. The minimum absolute atomic E-state index is 0.104. The van der Waals surface area contributed by atoms with Gasteiger partial charge in [-0.25, -0.2) is 13.1 Å². The number of sulfonamides is 1. The van der Waals surface area contributed by atoms with E-state index in [1.165, 1.54) is 39.3 Å². The lowest BCUT2D eigenvalue weighted by Crippen LogP contribution is -2.51. The second-order valence-electron chi connectivity index (χ2n) is 9.84. The van der Waals surface area contributed by atoms with Crippen molar-refractivity contribution in [3.63, 3.8) is 0 Å². The van der Waals surface area contributed by atoms with Gasteiger partial charge in [-0.1, -0.05) is 67.3 Å². The van der Waals surface area contributed by atoms with Gasteiger partial charge in [-0.05, 0) is 80.5 Å². The van der Waals surface area contributed by atoms with Crippen LogP contribution in [0.4, 0.5) is 0 Å². The summed E-state index contributed by atoms with van der Waals surface area (Å²) < 4.78 is 29.1. The molecule has 1 fully saturated rings. The maximum absolute atomic E-state index is 13.0. The molecule has 0 aromatic heterocycles. The lowest BCUT2D eigenvalue weighted by atomic mass is 9.88. The summed E-state index contributed by atoms with van der Waals surface area (Å²) in [7, 11) is -3.55. The zero-order chi connectivity index (χ0) is 24.5. The van der Waals surface area contributed by atoms with Gasteiger partial charge in [0.1, 0.15) is 0 Å². The number of nitrogens with one attached hydrogen (secondary N) is 2. The molecule has 0 heterocycles. The van der Waals surface area contributed by atoms with Crippen LogP contribution in [0.1, 0.15) is 70.1 Å². The minimum Gasteiger partial charge on any atom is -0.308 e. The van der Waals surface area contributed by atoms with E-state index in [9.17, 15) is 8.42 Å².